The Labute approximate surface area is 102 Å². The van der Waals surface area contributed by atoms with Crippen molar-refractivity contribution in [2.75, 3.05) is 11.9 Å². The Morgan fingerprint density at radius 3 is 2.82 bits per heavy atom. The highest BCUT2D eigenvalue weighted by Gasteiger charge is 2.25. The van der Waals surface area contributed by atoms with Crippen LogP contribution in [0.1, 0.15) is 32.0 Å². The van der Waals surface area contributed by atoms with Crippen LogP contribution in [0.4, 0.5) is 5.82 Å². The zero-order chi connectivity index (χ0) is 12.6. The van der Waals surface area contributed by atoms with Crippen molar-refractivity contribution in [2.24, 2.45) is 12.5 Å². The van der Waals surface area contributed by atoms with Crippen molar-refractivity contribution < 1.29 is 4.79 Å². The molecule has 0 spiro atoms. The molecule has 94 valence electrons. The molecule has 0 unspecified atom stereocenters. The minimum Gasteiger partial charge on any atom is -0.312 e. The summed E-state index contributed by atoms with van der Waals surface area (Å²) in [5.41, 5.74) is 1.83. The first-order valence-corrected chi connectivity index (χ1v) is 5.96. The highest BCUT2D eigenvalue weighted by Crippen LogP contribution is 2.24. The molecule has 1 aliphatic rings. The molecule has 0 aliphatic carbocycles. The van der Waals surface area contributed by atoms with Crippen LogP contribution in [0.3, 0.4) is 0 Å². The van der Waals surface area contributed by atoms with E-state index in [9.17, 15) is 4.79 Å². The summed E-state index contributed by atoms with van der Waals surface area (Å²) in [5.74, 6) is 0.848. The summed E-state index contributed by atoms with van der Waals surface area (Å²) in [4.78, 5) is 12.0. The topological polar surface area (TPSA) is 59.0 Å². The highest BCUT2D eigenvalue weighted by molar-refractivity contribution is 5.94. The Morgan fingerprint density at radius 1 is 1.47 bits per heavy atom. The van der Waals surface area contributed by atoms with E-state index in [1.54, 1.807) is 4.68 Å². The van der Waals surface area contributed by atoms with E-state index in [0.717, 1.165) is 36.6 Å². The van der Waals surface area contributed by atoms with Gasteiger partial charge in [0.15, 0.2) is 0 Å². The number of nitrogens with zero attached hydrogens (tertiary/aromatic N) is 2. The van der Waals surface area contributed by atoms with Gasteiger partial charge in [-0.1, -0.05) is 20.8 Å². The molecule has 0 saturated heterocycles. The second-order valence-electron chi connectivity index (χ2n) is 5.53. The molecule has 0 saturated carbocycles. The number of carbonyl (C=O) groups is 1. The van der Waals surface area contributed by atoms with Crippen molar-refractivity contribution in [1.29, 1.82) is 0 Å². The van der Waals surface area contributed by atoms with Crippen LogP contribution in [0.15, 0.2) is 0 Å². The number of hydrogen-bond donors (Lipinski definition) is 2. The Hall–Kier alpha value is -1.36. The number of amides is 1. The fourth-order valence-electron chi connectivity index (χ4n) is 1.88. The average molecular weight is 236 g/mol. The quantitative estimate of drug-likeness (QED) is 0.766. The van der Waals surface area contributed by atoms with Gasteiger partial charge in [-0.15, -0.1) is 0 Å². The Balaban J connectivity index is 2.27. The number of aromatic nitrogens is 2. The number of fused-ring (bicyclic) bond motifs is 1. The molecule has 2 N–H and O–H groups in total. The summed E-state index contributed by atoms with van der Waals surface area (Å²) in [6.45, 7) is 7.45. The second-order valence-corrected chi connectivity index (χ2v) is 5.53. The van der Waals surface area contributed by atoms with Crippen LogP contribution in [0.25, 0.3) is 0 Å². The highest BCUT2D eigenvalue weighted by atomic mass is 16.2. The number of carbonyl (C=O) groups excluding carboxylic acids is 1. The third-order valence-electron chi connectivity index (χ3n) is 2.98. The maximum atomic E-state index is 12.0. The molecule has 0 fully saturated rings. The number of aryl methyl sites for hydroxylation is 1. The average Bonchev–Trinajstić information content (AvgIpc) is 2.54. The Morgan fingerprint density at radius 2 is 2.18 bits per heavy atom. The molecule has 0 radical (unpaired) electrons. The molecule has 5 heteroatoms. The molecule has 1 aliphatic heterocycles. The van der Waals surface area contributed by atoms with E-state index in [2.05, 4.69) is 15.7 Å². The van der Waals surface area contributed by atoms with Crippen LogP contribution in [-0.4, -0.2) is 22.2 Å². The fraction of sp³-hybridized carbons (Fsp3) is 0.667. The Bertz CT molecular complexity index is 442. The van der Waals surface area contributed by atoms with Gasteiger partial charge in [0.1, 0.15) is 5.82 Å². The van der Waals surface area contributed by atoms with Crippen molar-refractivity contribution in [3.05, 3.63) is 11.3 Å². The van der Waals surface area contributed by atoms with Gasteiger partial charge in [-0.3, -0.25) is 9.48 Å². The summed E-state index contributed by atoms with van der Waals surface area (Å²) in [7, 11) is 1.87. The zero-order valence-corrected chi connectivity index (χ0v) is 10.9. The molecule has 0 atom stereocenters. The van der Waals surface area contributed by atoms with Gasteiger partial charge in [0.25, 0.3) is 0 Å². The first-order valence-electron chi connectivity index (χ1n) is 5.96. The summed E-state index contributed by atoms with van der Waals surface area (Å²) in [5, 5.41) is 10.7. The van der Waals surface area contributed by atoms with Gasteiger partial charge in [-0.25, -0.2) is 0 Å². The van der Waals surface area contributed by atoms with Gasteiger partial charge in [0.05, 0.1) is 5.69 Å². The SMILES string of the molecule is Cn1nc2c(c1NC(=O)C(C)(C)C)CNCC2. The first-order chi connectivity index (χ1) is 7.89. The third kappa shape index (κ3) is 2.34. The van der Waals surface area contributed by atoms with Gasteiger partial charge >= 0.3 is 0 Å². The summed E-state index contributed by atoms with van der Waals surface area (Å²) in [6, 6.07) is 0. The second kappa shape index (κ2) is 4.14. The van der Waals surface area contributed by atoms with Crippen LogP contribution < -0.4 is 10.6 Å². The van der Waals surface area contributed by atoms with E-state index in [1.165, 1.54) is 0 Å². The predicted molar refractivity (Wildman–Crippen MR) is 66.7 cm³/mol. The van der Waals surface area contributed by atoms with E-state index in [0.29, 0.717) is 0 Å². The van der Waals surface area contributed by atoms with Crippen LogP contribution in [0.2, 0.25) is 0 Å². The minimum absolute atomic E-state index is 0.0221. The van der Waals surface area contributed by atoms with Crippen LogP contribution in [0, 0.1) is 5.41 Å². The smallest absolute Gasteiger partial charge is 0.230 e. The van der Waals surface area contributed by atoms with E-state index in [4.69, 9.17) is 0 Å². The van der Waals surface area contributed by atoms with Gasteiger partial charge < -0.3 is 10.6 Å². The first kappa shape index (κ1) is 12.1. The van der Waals surface area contributed by atoms with E-state index in [1.807, 2.05) is 27.8 Å². The molecule has 0 bridgehead atoms. The molecule has 5 nitrogen and oxygen atoms in total. The number of nitrogens with one attached hydrogen (secondary N) is 2. The number of rotatable bonds is 1. The van der Waals surface area contributed by atoms with Gasteiger partial charge in [0.2, 0.25) is 5.91 Å². The van der Waals surface area contributed by atoms with Crippen molar-refractivity contribution >= 4 is 11.7 Å². The fourth-order valence-corrected chi connectivity index (χ4v) is 1.88. The van der Waals surface area contributed by atoms with Crippen molar-refractivity contribution in [2.45, 2.75) is 33.7 Å². The lowest BCUT2D eigenvalue weighted by molar-refractivity contribution is -0.123. The van der Waals surface area contributed by atoms with Gasteiger partial charge in [-0.2, -0.15) is 5.10 Å². The van der Waals surface area contributed by atoms with Gasteiger partial charge in [-0.05, 0) is 0 Å². The standard InChI is InChI=1S/C12H20N4O/c1-12(2,3)11(17)14-10-8-7-13-6-5-9(8)15-16(10)4/h13H,5-7H2,1-4H3,(H,14,17). The maximum Gasteiger partial charge on any atom is 0.230 e. The summed E-state index contributed by atoms with van der Waals surface area (Å²) < 4.78 is 1.77. The monoisotopic (exact) mass is 236 g/mol. The van der Waals surface area contributed by atoms with Gasteiger partial charge in [0, 0.05) is 37.5 Å². The van der Waals surface area contributed by atoms with Crippen LogP contribution in [-0.2, 0) is 24.8 Å². The molecular formula is C12H20N4O. The molecule has 1 aromatic rings. The predicted octanol–water partition coefficient (Wildman–Crippen LogP) is 1.05. The third-order valence-corrected chi connectivity index (χ3v) is 2.98. The lowest BCUT2D eigenvalue weighted by Gasteiger charge is -2.19. The largest absolute Gasteiger partial charge is 0.312 e. The summed E-state index contributed by atoms with van der Waals surface area (Å²) in [6.07, 6.45) is 0.925. The molecule has 0 aromatic carbocycles. The van der Waals surface area contributed by atoms with Crippen molar-refractivity contribution in [1.82, 2.24) is 15.1 Å². The van der Waals surface area contributed by atoms with Crippen LogP contribution >= 0.6 is 0 Å². The normalized spacial score (nSPS) is 15.5. The molecule has 17 heavy (non-hydrogen) atoms. The van der Waals surface area contributed by atoms with E-state index < -0.39 is 0 Å². The minimum atomic E-state index is -0.390. The molecule has 1 aromatic heterocycles. The lowest BCUT2D eigenvalue weighted by atomic mass is 9.95. The Kier molecular flexibility index (Phi) is 2.95. The van der Waals surface area contributed by atoms with E-state index in [-0.39, 0.29) is 11.3 Å². The lowest BCUT2D eigenvalue weighted by Crippen LogP contribution is -2.30. The van der Waals surface area contributed by atoms with E-state index >= 15 is 0 Å². The molecular weight excluding hydrogens is 216 g/mol. The van der Waals surface area contributed by atoms with Crippen molar-refractivity contribution in [3.63, 3.8) is 0 Å². The molecule has 2 heterocycles. The summed E-state index contributed by atoms with van der Waals surface area (Å²) >= 11 is 0. The van der Waals surface area contributed by atoms with Crippen LogP contribution in [0.5, 0.6) is 0 Å². The zero-order valence-electron chi connectivity index (χ0n) is 10.9. The van der Waals surface area contributed by atoms with Crippen molar-refractivity contribution in [3.8, 4) is 0 Å². The maximum absolute atomic E-state index is 12.0. The number of anilines is 1. The molecule has 1 amide bonds. The number of hydrogen-bond acceptors (Lipinski definition) is 3. The molecule has 2 rings (SSSR count).